The minimum Gasteiger partial charge on any atom is -0.496 e. The average Bonchev–Trinajstić information content (AvgIpc) is 2.52. The molecule has 128 valence electrons. The fourth-order valence-corrected chi connectivity index (χ4v) is 4.13. The Labute approximate surface area is 146 Å². The molecule has 0 aliphatic carbocycles. The summed E-state index contributed by atoms with van der Waals surface area (Å²) in [4.78, 5) is 10.9. The van der Waals surface area contributed by atoms with Crippen molar-refractivity contribution in [2.75, 3.05) is 18.0 Å². The molecule has 2 aromatic carbocycles. The summed E-state index contributed by atoms with van der Waals surface area (Å²) in [6, 6.07) is 8.73. The quantitative estimate of drug-likeness (QED) is 0.780. The van der Waals surface area contributed by atoms with Crippen LogP contribution in [0, 0.1) is 5.82 Å². The van der Waals surface area contributed by atoms with E-state index < -0.39 is 28.4 Å². The zero-order valence-electron chi connectivity index (χ0n) is 12.4. The van der Waals surface area contributed by atoms with Crippen molar-refractivity contribution in [3.05, 3.63) is 52.8 Å². The second-order valence-corrected chi connectivity index (χ2v) is 7.40. The van der Waals surface area contributed by atoms with Gasteiger partial charge in [0.2, 0.25) is 0 Å². The first-order chi connectivity index (χ1) is 11.3. The Morgan fingerprint density at radius 3 is 2.54 bits per heavy atom. The molecule has 2 rings (SSSR count). The summed E-state index contributed by atoms with van der Waals surface area (Å²) >= 11 is 3.18. The monoisotopic (exact) mass is 417 g/mol. The molecule has 0 saturated carbocycles. The van der Waals surface area contributed by atoms with Gasteiger partial charge in [-0.1, -0.05) is 6.07 Å². The molecule has 0 aromatic heterocycles. The highest BCUT2D eigenvalue weighted by Gasteiger charge is 2.28. The van der Waals surface area contributed by atoms with Crippen molar-refractivity contribution in [3.63, 3.8) is 0 Å². The second-order valence-electron chi connectivity index (χ2n) is 4.68. The highest BCUT2D eigenvalue weighted by molar-refractivity contribution is 9.10. The number of hydrogen-bond acceptors (Lipinski definition) is 4. The Bertz CT molecular complexity index is 872. The number of hydrogen-bond donors (Lipinski definition) is 1. The van der Waals surface area contributed by atoms with Crippen LogP contribution in [0.4, 0.5) is 10.1 Å². The van der Waals surface area contributed by atoms with Gasteiger partial charge >= 0.3 is 5.97 Å². The standard InChI is InChI=1S/C15H13BrFNO5S/c1-23-14-6-5-12(8-13(14)16)24(21,22)18(9-15(19)20)11-4-2-3-10(17)7-11/h2-8H,9H2,1H3,(H,19,20). The predicted octanol–water partition coefficient (Wildman–Crippen LogP) is 2.88. The summed E-state index contributed by atoms with van der Waals surface area (Å²) in [6.07, 6.45) is 0. The van der Waals surface area contributed by atoms with Crippen molar-refractivity contribution >= 4 is 37.6 Å². The Kier molecular flexibility index (Phi) is 5.45. The molecule has 2 aromatic rings. The van der Waals surface area contributed by atoms with E-state index in [1.165, 1.54) is 37.4 Å². The zero-order chi connectivity index (χ0) is 17.9. The summed E-state index contributed by atoms with van der Waals surface area (Å²) in [7, 11) is -2.78. The third-order valence-corrected chi connectivity index (χ3v) is 5.48. The van der Waals surface area contributed by atoms with Crippen molar-refractivity contribution in [1.82, 2.24) is 0 Å². The Hall–Kier alpha value is -2.13. The van der Waals surface area contributed by atoms with E-state index in [4.69, 9.17) is 9.84 Å². The van der Waals surface area contributed by atoms with Crippen molar-refractivity contribution in [3.8, 4) is 5.75 Å². The fourth-order valence-electron chi connectivity index (χ4n) is 2.00. The van der Waals surface area contributed by atoms with Gasteiger partial charge in [-0.25, -0.2) is 12.8 Å². The molecule has 0 aliphatic rings. The minimum absolute atomic E-state index is 0.0793. The molecule has 0 unspecified atom stereocenters. The van der Waals surface area contributed by atoms with Gasteiger partial charge in [-0.05, 0) is 52.3 Å². The molecular formula is C15H13BrFNO5S. The van der Waals surface area contributed by atoms with E-state index in [0.717, 1.165) is 12.1 Å². The molecule has 9 heteroatoms. The number of aliphatic carboxylic acids is 1. The average molecular weight is 418 g/mol. The normalized spacial score (nSPS) is 11.1. The predicted molar refractivity (Wildman–Crippen MR) is 89.3 cm³/mol. The van der Waals surface area contributed by atoms with Crippen molar-refractivity contribution in [1.29, 1.82) is 0 Å². The lowest BCUT2D eigenvalue weighted by Crippen LogP contribution is -2.35. The van der Waals surface area contributed by atoms with Crippen LogP contribution < -0.4 is 9.04 Å². The first-order valence-electron chi connectivity index (χ1n) is 6.59. The molecule has 0 fully saturated rings. The molecule has 0 aliphatic heterocycles. The van der Waals surface area contributed by atoms with Gasteiger partial charge in [0.15, 0.2) is 0 Å². The van der Waals surface area contributed by atoms with E-state index in [1.807, 2.05) is 0 Å². The minimum atomic E-state index is -4.21. The van der Waals surface area contributed by atoms with Gasteiger partial charge in [0.25, 0.3) is 10.0 Å². The summed E-state index contributed by atoms with van der Waals surface area (Å²) in [6.45, 7) is -0.838. The number of halogens is 2. The van der Waals surface area contributed by atoms with Crippen LogP contribution in [0.3, 0.4) is 0 Å². The summed E-state index contributed by atoms with van der Waals surface area (Å²) in [5, 5.41) is 9.03. The van der Waals surface area contributed by atoms with Gasteiger partial charge in [-0.2, -0.15) is 0 Å². The number of benzene rings is 2. The van der Waals surface area contributed by atoms with E-state index in [9.17, 15) is 17.6 Å². The van der Waals surface area contributed by atoms with Gasteiger partial charge in [-0.3, -0.25) is 9.10 Å². The molecule has 0 amide bonds. The van der Waals surface area contributed by atoms with Gasteiger partial charge in [0.05, 0.1) is 22.2 Å². The van der Waals surface area contributed by atoms with Gasteiger partial charge in [0.1, 0.15) is 18.1 Å². The molecular weight excluding hydrogens is 405 g/mol. The lowest BCUT2D eigenvalue weighted by atomic mass is 10.3. The number of ether oxygens (including phenoxy) is 1. The van der Waals surface area contributed by atoms with E-state index in [1.54, 1.807) is 0 Å². The number of methoxy groups -OCH3 is 1. The van der Waals surface area contributed by atoms with Crippen LogP contribution in [-0.2, 0) is 14.8 Å². The number of carboxylic acids is 1. The van der Waals surface area contributed by atoms with Crippen molar-refractivity contribution in [2.24, 2.45) is 0 Å². The van der Waals surface area contributed by atoms with E-state index >= 15 is 0 Å². The van der Waals surface area contributed by atoms with Crippen LogP contribution in [-0.4, -0.2) is 33.1 Å². The Morgan fingerprint density at radius 2 is 2.00 bits per heavy atom. The van der Waals surface area contributed by atoms with Gasteiger partial charge < -0.3 is 9.84 Å². The maximum atomic E-state index is 13.4. The molecule has 0 bridgehead atoms. The fraction of sp³-hybridized carbons (Fsp3) is 0.133. The molecule has 0 radical (unpaired) electrons. The zero-order valence-corrected chi connectivity index (χ0v) is 14.8. The first-order valence-corrected chi connectivity index (χ1v) is 8.82. The third-order valence-electron chi connectivity index (χ3n) is 3.09. The first kappa shape index (κ1) is 18.2. The molecule has 0 atom stereocenters. The summed E-state index contributed by atoms with van der Waals surface area (Å²) < 4.78 is 45.1. The van der Waals surface area contributed by atoms with E-state index in [2.05, 4.69) is 15.9 Å². The van der Waals surface area contributed by atoms with Crippen molar-refractivity contribution < 1.29 is 27.4 Å². The molecule has 0 saturated heterocycles. The number of nitrogens with zero attached hydrogens (tertiary/aromatic N) is 1. The molecule has 6 nitrogen and oxygen atoms in total. The smallest absolute Gasteiger partial charge is 0.324 e. The molecule has 24 heavy (non-hydrogen) atoms. The van der Waals surface area contributed by atoms with Gasteiger partial charge in [0, 0.05) is 0 Å². The number of carbonyl (C=O) groups is 1. The molecule has 0 spiro atoms. The Balaban J connectivity index is 2.55. The van der Waals surface area contributed by atoms with Crippen LogP contribution in [0.15, 0.2) is 51.8 Å². The van der Waals surface area contributed by atoms with Crippen LogP contribution in [0.25, 0.3) is 0 Å². The summed E-state index contributed by atoms with van der Waals surface area (Å²) in [5.41, 5.74) is -0.0793. The van der Waals surface area contributed by atoms with Crippen LogP contribution in [0.1, 0.15) is 0 Å². The van der Waals surface area contributed by atoms with E-state index in [0.29, 0.717) is 14.5 Å². The molecule has 1 N–H and O–H groups in total. The highest BCUT2D eigenvalue weighted by atomic mass is 79.9. The maximum Gasteiger partial charge on any atom is 0.324 e. The van der Waals surface area contributed by atoms with Crippen molar-refractivity contribution in [2.45, 2.75) is 4.90 Å². The van der Waals surface area contributed by atoms with E-state index in [-0.39, 0.29) is 10.6 Å². The van der Waals surface area contributed by atoms with Crippen LogP contribution in [0.5, 0.6) is 5.75 Å². The third kappa shape index (κ3) is 3.85. The Morgan fingerprint density at radius 1 is 1.29 bits per heavy atom. The van der Waals surface area contributed by atoms with Gasteiger partial charge in [-0.15, -0.1) is 0 Å². The SMILES string of the molecule is COc1ccc(S(=O)(=O)N(CC(=O)O)c2cccc(F)c2)cc1Br. The number of sulfonamides is 1. The second kappa shape index (κ2) is 7.18. The number of rotatable bonds is 6. The lowest BCUT2D eigenvalue weighted by molar-refractivity contribution is -0.135. The van der Waals surface area contributed by atoms with Crippen LogP contribution in [0.2, 0.25) is 0 Å². The van der Waals surface area contributed by atoms with Crippen LogP contribution >= 0.6 is 15.9 Å². The topological polar surface area (TPSA) is 83.9 Å². The number of anilines is 1. The number of carboxylic acid groups (broad SMARTS) is 1. The lowest BCUT2D eigenvalue weighted by Gasteiger charge is -2.23. The largest absolute Gasteiger partial charge is 0.496 e. The summed E-state index contributed by atoms with van der Waals surface area (Å²) in [5.74, 6) is -1.62. The highest BCUT2D eigenvalue weighted by Crippen LogP contribution is 2.30. The maximum absolute atomic E-state index is 13.4. The molecule has 0 heterocycles.